The van der Waals surface area contributed by atoms with Gasteiger partial charge in [0.2, 0.25) is 0 Å². The molecule has 1 aliphatic rings. The predicted octanol–water partition coefficient (Wildman–Crippen LogP) is 3.57. The molecule has 0 aliphatic carbocycles. The maximum atomic E-state index is 5.85. The molecule has 5 nitrogen and oxygen atoms in total. The molecule has 0 radical (unpaired) electrons. The van der Waals surface area contributed by atoms with Gasteiger partial charge in [0.25, 0.3) is 0 Å². The van der Waals surface area contributed by atoms with Crippen LogP contribution < -0.4 is 0 Å². The molecule has 0 saturated carbocycles. The molecule has 1 heterocycles. The zero-order valence-corrected chi connectivity index (χ0v) is 16.1. The molecule has 1 fully saturated rings. The largest absolute Gasteiger partial charge is 0.500 e. The maximum absolute atomic E-state index is 5.85. The van der Waals surface area contributed by atoms with E-state index in [1.165, 1.54) is 0 Å². The van der Waals surface area contributed by atoms with Gasteiger partial charge in [-0.3, -0.25) is 0 Å². The van der Waals surface area contributed by atoms with Crippen LogP contribution in [-0.2, 0) is 22.8 Å². The molecule has 1 rings (SSSR count). The number of unbranched alkanes of at least 4 members (excludes halogenated alkanes) is 2. The summed E-state index contributed by atoms with van der Waals surface area (Å²) < 4.78 is 28.2. The summed E-state index contributed by atoms with van der Waals surface area (Å²) in [6, 6.07) is 0.886. The Balaban J connectivity index is 2.07. The number of hydrogen-bond donors (Lipinski definition) is 0. The second-order valence-corrected chi connectivity index (χ2v) is 8.25. The summed E-state index contributed by atoms with van der Waals surface area (Å²) in [6.45, 7) is 10.4. The molecule has 0 bridgehead atoms. The fourth-order valence-corrected chi connectivity index (χ4v) is 5.00. The Morgan fingerprint density at radius 3 is 2.04 bits per heavy atom. The van der Waals surface area contributed by atoms with E-state index in [1.807, 2.05) is 20.8 Å². The van der Waals surface area contributed by atoms with Crippen LogP contribution in [0.1, 0.15) is 46.5 Å². The van der Waals surface area contributed by atoms with Crippen LogP contribution in [0.25, 0.3) is 0 Å². The molecular formula is C17H34O5Si. The van der Waals surface area contributed by atoms with Crippen molar-refractivity contribution in [1.29, 1.82) is 0 Å². The molecule has 1 aliphatic heterocycles. The van der Waals surface area contributed by atoms with Gasteiger partial charge in [0.1, 0.15) is 6.10 Å². The number of hydrogen-bond acceptors (Lipinski definition) is 5. The van der Waals surface area contributed by atoms with Crippen molar-refractivity contribution < 1.29 is 22.8 Å². The first-order valence-electron chi connectivity index (χ1n) is 9.02. The van der Waals surface area contributed by atoms with Crippen molar-refractivity contribution in [2.75, 3.05) is 39.6 Å². The van der Waals surface area contributed by atoms with Crippen LogP contribution >= 0.6 is 0 Å². The highest BCUT2D eigenvalue weighted by atomic mass is 28.4. The number of allylic oxidation sites excluding steroid dienone is 2. The lowest BCUT2D eigenvalue weighted by atomic mass is 10.2. The van der Waals surface area contributed by atoms with Gasteiger partial charge in [-0.2, -0.15) is 0 Å². The zero-order chi connectivity index (χ0) is 16.8. The lowest BCUT2D eigenvalue weighted by Crippen LogP contribution is -2.45. The summed E-state index contributed by atoms with van der Waals surface area (Å²) in [7, 11) is -2.45. The summed E-state index contributed by atoms with van der Waals surface area (Å²) in [5, 5.41) is 0. The topological polar surface area (TPSA) is 49.5 Å². The van der Waals surface area contributed by atoms with Crippen LogP contribution in [0.15, 0.2) is 12.2 Å². The molecule has 0 aromatic rings. The summed E-state index contributed by atoms with van der Waals surface area (Å²) in [5.41, 5.74) is 0. The predicted molar refractivity (Wildman–Crippen MR) is 93.6 cm³/mol. The third-order valence-electron chi connectivity index (χ3n) is 3.48. The van der Waals surface area contributed by atoms with Gasteiger partial charge in [-0.1, -0.05) is 12.2 Å². The van der Waals surface area contributed by atoms with Crippen molar-refractivity contribution >= 4 is 8.80 Å². The van der Waals surface area contributed by atoms with Gasteiger partial charge < -0.3 is 22.8 Å². The SMILES string of the molecule is CCO[Si](CCCC=CCCCOCC1CO1)(OCC)OCC. The molecule has 0 amide bonds. The standard InChI is InChI=1S/C17H34O5Si/c1-4-20-23(21-5-2,22-6-3)14-12-10-8-7-9-11-13-18-15-17-16-19-17/h7-8,17H,4-6,9-16H2,1-3H3. The Morgan fingerprint density at radius 1 is 0.957 bits per heavy atom. The van der Waals surface area contributed by atoms with Gasteiger partial charge in [-0.15, -0.1) is 0 Å². The van der Waals surface area contributed by atoms with Gasteiger partial charge in [0.05, 0.1) is 13.2 Å². The molecule has 1 atom stereocenters. The highest BCUT2D eigenvalue weighted by Crippen LogP contribution is 2.19. The molecule has 6 heteroatoms. The Kier molecular flexibility index (Phi) is 11.8. The first kappa shape index (κ1) is 20.8. The number of ether oxygens (including phenoxy) is 2. The van der Waals surface area contributed by atoms with Crippen molar-refractivity contribution in [3.8, 4) is 0 Å². The van der Waals surface area contributed by atoms with Crippen LogP contribution in [0.5, 0.6) is 0 Å². The second kappa shape index (κ2) is 13.1. The van der Waals surface area contributed by atoms with Crippen LogP contribution in [0.3, 0.4) is 0 Å². The van der Waals surface area contributed by atoms with Crippen LogP contribution in [0.2, 0.25) is 6.04 Å². The third-order valence-corrected chi connectivity index (χ3v) is 6.63. The Bertz CT molecular complexity index is 290. The minimum Gasteiger partial charge on any atom is -0.379 e. The first-order chi connectivity index (χ1) is 11.3. The van der Waals surface area contributed by atoms with E-state index in [9.17, 15) is 0 Å². The summed E-state index contributed by atoms with van der Waals surface area (Å²) in [4.78, 5) is 0. The monoisotopic (exact) mass is 346 g/mol. The van der Waals surface area contributed by atoms with Gasteiger partial charge in [-0.25, -0.2) is 0 Å². The lowest BCUT2D eigenvalue weighted by molar-refractivity contribution is 0.0709. The smallest absolute Gasteiger partial charge is 0.379 e. The second-order valence-electron chi connectivity index (χ2n) is 5.52. The number of epoxide rings is 1. The maximum Gasteiger partial charge on any atom is 0.500 e. The van der Waals surface area contributed by atoms with E-state index >= 15 is 0 Å². The first-order valence-corrected chi connectivity index (χ1v) is 11.0. The molecule has 23 heavy (non-hydrogen) atoms. The third kappa shape index (κ3) is 10.3. The Hall–Kier alpha value is -0.243. The normalized spacial score (nSPS) is 18.0. The van der Waals surface area contributed by atoms with E-state index in [0.717, 1.165) is 51.5 Å². The average molecular weight is 347 g/mol. The molecule has 1 unspecified atom stereocenters. The Morgan fingerprint density at radius 2 is 1.52 bits per heavy atom. The van der Waals surface area contributed by atoms with E-state index in [1.54, 1.807) is 0 Å². The molecular weight excluding hydrogens is 312 g/mol. The molecule has 1 saturated heterocycles. The lowest BCUT2D eigenvalue weighted by Gasteiger charge is -2.28. The van der Waals surface area contributed by atoms with Crippen LogP contribution in [-0.4, -0.2) is 54.5 Å². The van der Waals surface area contributed by atoms with Crippen molar-refractivity contribution in [1.82, 2.24) is 0 Å². The molecule has 0 aromatic heterocycles. The van der Waals surface area contributed by atoms with Crippen molar-refractivity contribution in [3.05, 3.63) is 12.2 Å². The van der Waals surface area contributed by atoms with Gasteiger partial charge in [-0.05, 0) is 46.5 Å². The fourth-order valence-electron chi connectivity index (χ4n) is 2.36. The quantitative estimate of drug-likeness (QED) is 0.185. The van der Waals surface area contributed by atoms with Crippen LogP contribution in [0.4, 0.5) is 0 Å². The van der Waals surface area contributed by atoms with Gasteiger partial charge in [0, 0.05) is 32.5 Å². The van der Waals surface area contributed by atoms with E-state index in [2.05, 4.69) is 12.2 Å². The minimum atomic E-state index is -2.45. The summed E-state index contributed by atoms with van der Waals surface area (Å²) >= 11 is 0. The minimum absolute atomic E-state index is 0.371. The van der Waals surface area contributed by atoms with Crippen molar-refractivity contribution in [3.63, 3.8) is 0 Å². The van der Waals surface area contributed by atoms with E-state index in [-0.39, 0.29) is 0 Å². The zero-order valence-electron chi connectivity index (χ0n) is 15.1. The Labute approximate surface area is 142 Å². The molecule has 0 N–H and O–H groups in total. The molecule has 136 valence electrons. The van der Waals surface area contributed by atoms with Crippen LogP contribution in [0, 0.1) is 0 Å². The summed E-state index contributed by atoms with van der Waals surface area (Å²) in [5.74, 6) is 0. The van der Waals surface area contributed by atoms with Crippen molar-refractivity contribution in [2.24, 2.45) is 0 Å². The average Bonchev–Trinajstić information content (AvgIpc) is 3.34. The van der Waals surface area contributed by atoms with E-state index in [0.29, 0.717) is 25.9 Å². The molecule has 0 spiro atoms. The van der Waals surface area contributed by atoms with E-state index < -0.39 is 8.80 Å². The summed E-state index contributed by atoms with van der Waals surface area (Å²) in [6.07, 6.45) is 9.07. The van der Waals surface area contributed by atoms with Crippen molar-refractivity contribution in [2.45, 2.75) is 58.6 Å². The van der Waals surface area contributed by atoms with E-state index in [4.69, 9.17) is 22.8 Å². The van der Waals surface area contributed by atoms with Gasteiger partial charge >= 0.3 is 8.80 Å². The fraction of sp³-hybridized carbons (Fsp3) is 0.882. The highest BCUT2D eigenvalue weighted by molar-refractivity contribution is 6.60. The highest BCUT2D eigenvalue weighted by Gasteiger charge is 2.39. The molecule has 0 aromatic carbocycles. The number of rotatable bonds is 16. The van der Waals surface area contributed by atoms with Gasteiger partial charge in [0.15, 0.2) is 0 Å².